The third-order valence-corrected chi connectivity index (χ3v) is 3.98. The molecule has 2 N–H and O–H groups in total. The van der Waals surface area contributed by atoms with E-state index in [4.69, 9.17) is 17.3 Å². The number of ether oxygens (including phenoxy) is 1. The average Bonchev–Trinajstić information content (AvgIpc) is 3.28. The van der Waals surface area contributed by atoms with Crippen molar-refractivity contribution in [3.05, 3.63) is 53.1 Å². The molecular formula is C16H14Ag2B2O8. The Balaban J connectivity index is 0.000000250. The van der Waals surface area contributed by atoms with Crippen molar-refractivity contribution >= 4 is 37.9 Å². The van der Waals surface area contributed by atoms with Crippen LogP contribution in [0.4, 0.5) is 0 Å². The van der Waals surface area contributed by atoms with Crippen LogP contribution in [0.3, 0.4) is 0 Å². The van der Waals surface area contributed by atoms with Gasteiger partial charge in [-0.2, -0.15) is 0 Å². The molecule has 2 aromatic carbocycles. The van der Waals surface area contributed by atoms with E-state index in [1.807, 2.05) is 12.1 Å². The van der Waals surface area contributed by atoms with Crippen LogP contribution in [0.1, 0.15) is 21.5 Å². The molecule has 0 saturated carbocycles. The number of hydrogen-bond donors (Lipinski definition) is 2. The molecule has 0 saturated heterocycles. The number of aldehydes is 1. The Kier molecular flexibility index (Phi) is 11.0. The monoisotopic (exact) mass is 570 g/mol. The van der Waals surface area contributed by atoms with Crippen LogP contribution in [0.5, 0.6) is 5.75 Å². The summed E-state index contributed by atoms with van der Waals surface area (Å²) >= 11 is 1.70. The first kappa shape index (κ1) is 24.9. The molecule has 4 rings (SSSR count). The molecule has 1 radical (unpaired) electrons. The summed E-state index contributed by atoms with van der Waals surface area (Å²) < 4.78 is 22.7. The zero-order chi connectivity index (χ0) is 19.8. The van der Waals surface area contributed by atoms with Crippen molar-refractivity contribution in [2.45, 2.75) is 13.2 Å². The first-order valence-corrected chi connectivity index (χ1v) is 8.27. The summed E-state index contributed by atoms with van der Waals surface area (Å²) in [4.78, 5) is 20.7. The maximum absolute atomic E-state index is 10.5. The summed E-state index contributed by atoms with van der Waals surface area (Å²) in [5.41, 5.74) is 3.43. The van der Waals surface area contributed by atoms with E-state index in [0.29, 0.717) is 41.9 Å². The first-order chi connectivity index (χ1) is 13.2. The van der Waals surface area contributed by atoms with Crippen LogP contribution in [0, 0.1) is 0 Å². The molecule has 0 fully saturated rings. The minimum absolute atomic E-state index is 0. The molecule has 12 heteroatoms. The third kappa shape index (κ3) is 5.68. The van der Waals surface area contributed by atoms with E-state index in [0.717, 1.165) is 17.4 Å². The molecule has 0 spiro atoms. The molecule has 0 aliphatic carbocycles. The molecule has 2 aliphatic heterocycles. The van der Waals surface area contributed by atoms with E-state index in [-0.39, 0.29) is 22.4 Å². The molecule has 28 heavy (non-hydrogen) atoms. The van der Waals surface area contributed by atoms with Crippen molar-refractivity contribution in [1.29, 1.82) is 0 Å². The topological polar surface area (TPSA) is 119 Å². The molecule has 2 heterocycles. The van der Waals surface area contributed by atoms with Crippen molar-refractivity contribution in [3.8, 4) is 5.75 Å². The second-order valence-corrected chi connectivity index (χ2v) is 5.41. The van der Waals surface area contributed by atoms with E-state index < -0.39 is 14.2 Å². The molecular weight excluding hydrogens is 558 g/mol. The van der Waals surface area contributed by atoms with Crippen LogP contribution in [-0.4, -0.2) is 37.0 Å². The van der Waals surface area contributed by atoms with E-state index in [2.05, 4.69) is 0 Å². The van der Waals surface area contributed by atoms with Crippen LogP contribution >= 0.6 is 0 Å². The van der Waals surface area contributed by atoms with Crippen LogP contribution in [0.25, 0.3) is 0 Å². The summed E-state index contributed by atoms with van der Waals surface area (Å²) in [6.45, 7) is 1.07. The number of carbonyl (C=O) groups is 2. The Morgan fingerprint density at radius 1 is 0.929 bits per heavy atom. The second kappa shape index (κ2) is 12.4. The number of hydrogen-bond acceptors (Lipinski definition) is 8. The normalized spacial score (nSPS) is 13.0. The Bertz CT molecular complexity index is 823. The van der Waals surface area contributed by atoms with Gasteiger partial charge in [-0.3, -0.25) is 9.59 Å². The third-order valence-electron chi connectivity index (χ3n) is 3.98. The first-order valence-electron chi connectivity index (χ1n) is 7.66. The summed E-state index contributed by atoms with van der Waals surface area (Å²) in [6.07, 6.45) is 0.733. The molecule has 2 aromatic rings. The molecule has 0 aromatic heterocycles. The SMILES string of the molecule is O=COc1cccc2c1B(O)OC2.O=Cc1cccc2c1B(O)OC2.[Ag].[O]=[Ag]. The van der Waals surface area contributed by atoms with Gasteiger partial charge in [0.25, 0.3) is 6.47 Å². The molecule has 0 atom stereocenters. The summed E-state index contributed by atoms with van der Waals surface area (Å²) in [7, 11) is -1.91. The van der Waals surface area contributed by atoms with Gasteiger partial charge in [-0.15, -0.1) is 0 Å². The fourth-order valence-corrected chi connectivity index (χ4v) is 2.82. The predicted molar refractivity (Wildman–Crippen MR) is 90.4 cm³/mol. The molecule has 0 unspecified atom stereocenters. The summed E-state index contributed by atoms with van der Waals surface area (Å²) in [6, 6.07) is 10.5. The molecule has 154 valence electrons. The van der Waals surface area contributed by atoms with Gasteiger partial charge in [0.05, 0.1) is 13.2 Å². The number of fused-ring (bicyclic) bond motifs is 2. The van der Waals surface area contributed by atoms with Crippen LogP contribution < -0.4 is 15.7 Å². The Labute approximate surface area is 189 Å². The van der Waals surface area contributed by atoms with Gasteiger partial charge in [0.1, 0.15) is 12.0 Å². The van der Waals surface area contributed by atoms with Crippen molar-refractivity contribution in [2.75, 3.05) is 0 Å². The van der Waals surface area contributed by atoms with Gasteiger partial charge in [-0.25, -0.2) is 0 Å². The van der Waals surface area contributed by atoms with E-state index >= 15 is 0 Å². The van der Waals surface area contributed by atoms with Crippen LogP contribution in [-0.2, 0) is 74.0 Å². The van der Waals surface area contributed by atoms with Crippen molar-refractivity contribution < 1.29 is 80.4 Å². The molecule has 8 nitrogen and oxygen atoms in total. The molecule has 2 aliphatic rings. The number of carbonyl (C=O) groups excluding carboxylic acids is 2. The Morgan fingerprint density at radius 2 is 1.46 bits per heavy atom. The van der Waals surface area contributed by atoms with Crippen molar-refractivity contribution in [2.24, 2.45) is 0 Å². The van der Waals surface area contributed by atoms with Gasteiger partial charge in [0.2, 0.25) is 0 Å². The van der Waals surface area contributed by atoms with E-state index in [1.165, 1.54) is 0 Å². The summed E-state index contributed by atoms with van der Waals surface area (Å²) in [5.74, 6) is 0.359. The van der Waals surface area contributed by atoms with Crippen molar-refractivity contribution in [1.82, 2.24) is 0 Å². The summed E-state index contributed by atoms with van der Waals surface area (Å²) in [5, 5.41) is 18.7. The quantitative estimate of drug-likeness (QED) is 0.357. The second-order valence-electron chi connectivity index (χ2n) is 5.41. The van der Waals surface area contributed by atoms with Crippen LogP contribution in [0.2, 0.25) is 0 Å². The molecule has 0 bridgehead atoms. The minimum atomic E-state index is -0.980. The number of rotatable bonds is 3. The van der Waals surface area contributed by atoms with Gasteiger partial charge in [-0.05, 0) is 22.7 Å². The van der Waals surface area contributed by atoms with Gasteiger partial charge >= 0.3 is 38.5 Å². The van der Waals surface area contributed by atoms with Crippen LogP contribution in [0.15, 0.2) is 36.4 Å². The Hall–Kier alpha value is -1.17. The zero-order valence-electron chi connectivity index (χ0n) is 14.1. The van der Waals surface area contributed by atoms with E-state index in [1.54, 1.807) is 45.3 Å². The number of benzene rings is 2. The maximum atomic E-state index is 10.5. The van der Waals surface area contributed by atoms with Gasteiger partial charge in [0, 0.05) is 33.4 Å². The van der Waals surface area contributed by atoms with E-state index in [9.17, 15) is 19.6 Å². The average molecular weight is 572 g/mol. The Morgan fingerprint density at radius 3 is 2.04 bits per heavy atom. The fourth-order valence-electron chi connectivity index (χ4n) is 2.82. The van der Waals surface area contributed by atoms with Gasteiger partial charge in [0.15, 0.2) is 0 Å². The molecule has 0 amide bonds. The van der Waals surface area contributed by atoms with Gasteiger partial charge in [-0.1, -0.05) is 30.3 Å². The standard InChI is InChI=1S/C8H7BO4.C8H7BO3.2Ag.O/c10-5-12-7-3-1-2-6-4-13-9(11)8(6)7;10-4-6-2-1-3-7-5-12-9(11)8(6)7;;;/h1-3,5,11H,4H2;1-4,11H,5H2;;;. The zero-order valence-corrected chi connectivity index (χ0v) is 17.1. The fraction of sp³-hybridized carbons (Fsp3) is 0.125. The van der Waals surface area contributed by atoms with Crippen molar-refractivity contribution in [3.63, 3.8) is 0 Å². The van der Waals surface area contributed by atoms with Gasteiger partial charge < -0.3 is 24.1 Å². The predicted octanol–water partition coefficient (Wildman–Crippen LogP) is -0.968.